The Hall–Kier alpha value is -1.80. The number of carbonyl (C=O) groups is 1. The highest BCUT2D eigenvalue weighted by Crippen LogP contribution is 2.32. The molecule has 1 N–H and O–H groups in total. The Morgan fingerprint density at radius 2 is 1.96 bits per heavy atom. The summed E-state index contributed by atoms with van der Waals surface area (Å²) in [7, 11) is -3.31. The summed E-state index contributed by atoms with van der Waals surface area (Å²) in [5.74, 6) is 1.59. The lowest BCUT2D eigenvalue weighted by molar-refractivity contribution is -0.121. The second kappa shape index (κ2) is 8.53. The second-order valence-corrected chi connectivity index (χ2v) is 8.54. The summed E-state index contributed by atoms with van der Waals surface area (Å²) in [4.78, 5) is 12.0. The van der Waals surface area contributed by atoms with Gasteiger partial charge in [0.05, 0.1) is 6.26 Å². The fraction of sp³-hybridized carbons (Fsp3) is 0.588. The number of nitrogens with zero attached hydrogens (tertiary/aromatic N) is 1. The van der Waals surface area contributed by atoms with E-state index in [1.807, 2.05) is 26.0 Å². The van der Waals surface area contributed by atoms with Crippen LogP contribution in [0.5, 0.6) is 11.5 Å². The summed E-state index contributed by atoms with van der Waals surface area (Å²) >= 11 is 0. The van der Waals surface area contributed by atoms with E-state index in [0.717, 1.165) is 12.0 Å². The average molecular weight is 370 g/mol. The molecule has 0 bridgehead atoms. The topological polar surface area (TPSA) is 84.9 Å². The van der Waals surface area contributed by atoms with E-state index in [9.17, 15) is 13.2 Å². The lowest BCUT2D eigenvalue weighted by atomic mass is 10.1. The smallest absolute Gasteiger partial charge is 0.231 e. The molecule has 0 aromatic heterocycles. The van der Waals surface area contributed by atoms with E-state index in [1.165, 1.54) is 10.6 Å². The van der Waals surface area contributed by atoms with Gasteiger partial charge in [0.2, 0.25) is 22.7 Å². The lowest BCUT2D eigenvalue weighted by Crippen LogP contribution is -2.35. The van der Waals surface area contributed by atoms with Crippen LogP contribution in [-0.4, -0.2) is 44.8 Å². The largest absolute Gasteiger partial charge is 0.454 e. The molecular formula is C17H26N2O5S. The number of benzene rings is 1. The lowest BCUT2D eigenvalue weighted by Gasteiger charge is -2.20. The number of hydrogen-bond acceptors (Lipinski definition) is 5. The van der Waals surface area contributed by atoms with Crippen LogP contribution >= 0.6 is 0 Å². The van der Waals surface area contributed by atoms with Crippen LogP contribution in [0.3, 0.4) is 0 Å². The number of hydrogen-bond donors (Lipinski definition) is 1. The number of nitrogens with one attached hydrogen (secondary N) is 1. The molecule has 1 aromatic rings. The maximum absolute atomic E-state index is 12.0. The fourth-order valence-corrected chi connectivity index (χ4v) is 3.27. The number of amides is 1. The maximum atomic E-state index is 12.0. The van der Waals surface area contributed by atoms with Gasteiger partial charge in [-0.15, -0.1) is 0 Å². The van der Waals surface area contributed by atoms with Gasteiger partial charge in [0, 0.05) is 26.1 Å². The molecule has 8 heteroatoms. The molecule has 1 heterocycles. The Labute approximate surface area is 149 Å². The van der Waals surface area contributed by atoms with Crippen molar-refractivity contribution < 1.29 is 22.7 Å². The van der Waals surface area contributed by atoms with Crippen LogP contribution in [0.15, 0.2) is 18.2 Å². The van der Waals surface area contributed by atoms with Crippen LogP contribution in [0, 0.1) is 5.92 Å². The molecule has 0 aliphatic carbocycles. The quantitative estimate of drug-likeness (QED) is 0.716. The van der Waals surface area contributed by atoms with E-state index in [1.54, 1.807) is 6.07 Å². The summed E-state index contributed by atoms with van der Waals surface area (Å²) in [5, 5.41) is 2.81. The summed E-state index contributed by atoms with van der Waals surface area (Å²) < 4.78 is 35.5. The highest BCUT2D eigenvalue weighted by Gasteiger charge is 2.18. The van der Waals surface area contributed by atoms with Crippen LogP contribution in [0.4, 0.5) is 0 Å². The summed E-state index contributed by atoms with van der Waals surface area (Å²) in [5.41, 5.74) is 0.900. The number of fused-ring (bicyclic) bond motifs is 1. The molecule has 0 saturated carbocycles. The summed E-state index contributed by atoms with van der Waals surface area (Å²) in [6.45, 7) is 5.28. The first-order chi connectivity index (χ1) is 11.8. The van der Waals surface area contributed by atoms with E-state index >= 15 is 0 Å². The molecule has 1 aliphatic heterocycles. The van der Waals surface area contributed by atoms with Crippen LogP contribution in [0.25, 0.3) is 0 Å². The van der Waals surface area contributed by atoms with Crippen molar-refractivity contribution in [2.75, 3.05) is 26.1 Å². The SMILES string of the molecule is CC(C)CCN(CCC(=O)NCc1ccc2c(c1)OCO2)S(C)(=O)=O. The van der Waals surface area contributed by atoms with Gasteiger partial charge in [0.25, 0.3) is 0 Å². The Bertz CT molecular complexity index is 703. The number of ether oxygens (including phenoxy) is 2. The maximum Gasteiger partial charge on any atom is 0.231 e. The van der Waals surface area contributed by atoms with Crippen molar-refractivity contribution in [3.05, 3.63) is 23.8 Å². The molecule has 140 valence electrons. The van der Waals surface area contributed by atoms with Crippen molar-refractivity contribution in [2.45, 2.75) is 33.2 Å². The zero-order valence-electron chi connectivity index (χ0n) is 14.9. The van der Waals surface area contributed by atoms with Crippen LogP contribution in [-0.2, 0) is 21.4 Å². The van der Waals surface area contributed by atoms with Gasteiger partial charge in [-0.05, 0) is 30.0 Å². The third-order valence-electron chi connectivity index (χ3n) is 3.94. The van der Waals surface area contributed by atoms with Gasteiger partial charge in [-0.3, -0.25) is 4.79 Å². The number of rotatable bonds is 9. The Balaban J connectivity index is 1.80. The standard InChI is InChI=1S/C17H26N2O5S/c1-13(2)6-8-19(25(3,21)22)9-7-17(20)18-11-14-4-5-15-16(10-14)24-12-23-15/h4-5,10,13H,6-9,11-12H2,1-3H3,(H,18,20). The molecule has 0 spiro atoms. The fourth-order valence-electron chi connectivity index (χ4n) is 2.41. The zero-order valence-corrected chi connectivity index (χ0v) is 15.8. The molecule has 7 nitrogen and oxygen atoms in total. The minimum Gasteiger partial charge on any atom is -0.454 e. The minimum atomic E-state index is -3.31. The molecule has 0 radical (unpaired) electrons. The third-order valence-corrected chi connectivity index (χ3v) is 5.24. The molecular weight excluding hydrogens is 344 g/mol. The molecule has 1 amide bonds. The Morgan fingerprint density at radius 3 is 2.64 bits per heavy atom. The van der Waals surface area contributed by atoms with Crippen molar-refractivity contribution >= 4 is 15.9 Å². The van der Waals surface area contributed by atoms with Gasteiger partial charge < -0.3 is 14.8 Å². The number of sulfonamides is 1. The predicted molar refractivity (Wildman–Crippen MR) is 94.9 cm³/mol. The van der Waals surface area contributed by atoms with Gasteiger partial charge in [-0.1, -0.05) is 19.9 Å². The van der Waals surface area contributed by atoms with Crippen LogP contribution in [0.2, 0.25) is 0 Å². The molecule has 25 heavy (non-hydrogen) atoms. The molecule has 0 fully saturated rings. The first-order valence-electron chi connectivity index (χ1n) is 8.36. The van der Waals surface area contributed by atoms with Crippen molar-refractivity contribution in [2.24, 2.45) is 5.92 Å². The molecule has 0 unspecified atom stereocenters. The van der Waals surface area contributed by atoms with Crippen molar-refractivity contribution in [1.82, 2.24) is 9.62 Å². The van der Waals surface area contributed by atoms with Gasteiger partial charge in [-0.2, -0.15) is 0 Å². The molecule has 1 aliphatic rings. The van der Waals surface area contributed by atoms with E-state index in [4.69, 9.17) is 9.47 Å². The Kier molecular flexibility index (Phi) is 6.66. The molecule has 0 saturated heterocycles. The normalized spacial score (nSPS) is 13.5. The average Bonchev–Trinajstić information content (AvgIpc) is 2.98. The summed E-state index contributed by atoms with van der Waals surface area (Å²) in [6.07, 6.45) is 2.08. The third kappa shape index (κ3) is 6.21. The Morgan fingerprint density at radius 1 is 1.24 bits per heavy atom. The monoisotopic (exact) mass is 370 g/mol. The van der Waals surface area contributed by atoms with Crippen molar-refractivity contribution in [3.8, 4) is 11.5 Å². The van der Waals surface area contributed by atoms with E-state index < -0.39 is 10.0 Å². The van der Waals surface area contributed by atoms with Gasteiger partial charge in [0.15, 0.2) is 11.5 Å². The second-order valence-electron chi connectivity index (χ2n) is 6.56. The minimum absolute atomic E-state index is 0.135. The predicted octanol–water partition coefficient (Wildman–Crippen LogP) is 1.73. The molecule has 1 aromatic carbocycles. The van der Waals surface area contributed by atoms with Crippen molar-refractivity contribution in [1.29, 1.82) is 0 Å². The summed E-state index contributed by atoms with van der Waals surface area (Å²) in [6, 6.07) is 5.49. The van der Waals surface area contributed by atoms with Gasteiger partial charge >= 0.3 is 0 Å². The zero-order chi connectivity index (χ0) is 18.4. The number of carbonyl (C=O) groups excluding carboxylic acids is 1. The van der Waals surface area contributed by atoms with Crippen LogP contribution in [0.1, 0.15) is 32.3 Å². The van der Waals surface area contributed by atoms with Crippen molar-refractivity contribution in [3.63, 3.8) is 0 Å². The van der Waals surface area contributed by atoms with Gasteiger partial charge in [0.1, 0.15) is 0 Å². The van der Waals surface area contributed by atoms with Crippen LogP contribution < -0.4 is 14.8 Å². The highest BCUT2D eigenvalue weighted by atomic mass is 32.2. The highest BCUT2D eigenvalue weighted by molar-refractivity contribution is 7.88. The van der Waals surface area contributed by atoms with E-state index in [0.29, 0.717) is 30.5 Å². The van der Waals surface area contributed by atoms with E-state index in [-0.39, 0.29) is 25.7 Å². The van der Waals surface area contributed by atoms with E-state index in [2.05, 4.69) is 5.32 Å². The molecule has 0 atom stereocenters. The first kappa shape index (κ1) is 19.5. The van der Waals surface area contributed by atoms with Gasteiger partial charge in [-0.25, -0.2) is 12.7 Å². The first-order valence-corrected chi connectivity index (χ1v) is 10.2. The molecule has 2 rings (SSSR count).